The first-order valence-corrected chi connectivity index (χ1v) is 8.04. The minimum absolute atomic E-state index is 0.0886. The molecule has 0 fully saturated rings. The van der Waals surface area contributed by atoms with Crippen LogP contribution in [0.5, 0.6) is 5.75 Å². The summed E-state index contributed by atoms with van der Waals surface area (Å²) in [5, 5.41) is 10.9. The van der Waals surface area contributed by atoms with E-state index in [2.05, 4.69) is 15.5 Å². The standard InChI is InChI=1S/C18H16ClN3O3/c1-12(15-4-2-3-5-16(15)19)21-17(23)10-24-14-8-6-13(7-9-14)18-22-20-11-25-18/h2-9,11-12H,10H2,1H3,(H,21,23)/t12-/m0/s1. The second-order valence-corrected chi connectivity index (χ2v) is 5.77. The van der Waals surface area contributed by atoms with Gasteiger partial charge in [-0.25, -0.2) is 0 Å². The lowest BCUT2D eigenvalue weighted by Crippen LogP contribution is -2.31. The Morgan fingerprint density at radius 1 is 1.24 bits per heavy atom. The Morgan fingerprint density at radius 2 is 2.00 bits per heavy atom. The minimum atomic E-state index is -0.228. The Kier molecular flexibility index (Phi) is 5.30. The van der Waals surface area contributed by atoms with E-state index >= 15 is 0 Å². The Morgan fingerprint density at radius 3 is 2.68 bits per heavy atom. The van der Waals surface area contributed by atoms with E-state index in [1.807, 2.05) is 25.1 Å². The number of nitrogens with one attached hydrogen (secondary N) is 1. The van der Waals surface area contributed by atoms with Crippen LogP contribution in [0.25, 0.3) is 11.5 Å². The first-order chi connectivity index (χ1) is 12.1. The second-order valence-electron chi connectivity index (χ2n) is 5.37. The van der Waals surface area contributed by atoms with Crippen molar-refractivity contribution in [1.29, 1.82) is 0 Å². The van der Waals surface area contributed by atoms with Crippen LogP contribution in [0.15, 0.2) is 59.3 Å². The number of benzene rings is 2. The van der Waals surface area contributed by atoms with Gasteiger partial charge in [0.05, 0.1) is 6.04 Å². The predicted molar refractivity (Wildman–Crippen MR) is 93.2 cm³/mol. The lowest BCUT2D eigenvalue weighted by atomic mass is 10.1. The molecule has 0 aliphatic carbocycles. The van der Waals surface area contributed by atoms with Gasteiger partial charge in [0, 0.05) is 10.6 Å². The molecular weight excluding hydrogens is 342 g/mol. The topological polar surface area (TPSA) is 77.2 Å². The lowest BCUT2D eigenvalue weighted by Gasteiger charge is -2.16. The highest BCUT2D eigenvalue weighted by Gasteiger charge is 2.12. The van der Waals surface area contributed by atoms with E-state index in [-0.39, 0.29) is 18.6 Å². The Hall–Kier alpha value is -2.86. The average Bonchev–Trinajstić information content (AvgIpc) is 3.15. The largest absolute Gasteiger partial charge is 0.484 e. The third kappa shape index (κ3) is 4.36. The molecule has 0 bridgehead atoms. The first-order valence-electron chi connectivity index (χ1n) is 7.66. The summed E-state index contributed by atoms with van der Waals surface area (Å²) in [5.74, 6) is 0.773. The van der Waals surface area contributed by atoms with Gasteiger partial charge in [-0.15, -0.1) is 10.2 Å². The first kappa shape index (κ1) is 17.0. The zero-order valence-electron chi connectivity index (χ0n) is 13.5. The molecule has 1 N–H and O–H groups in total. The summed E-state index contributed by atoms with van der Waals surface area (Å²) in [7, 11) is 0. The number of carbonyl (C=O) groups excluding carboxylic acids is 1. The number of amides is 1. The van der Waals surface area contributed by atoms with E-state index in [9.17, 15) is 4.79 Å². The van der Waals surface area contributed by atoms with E-state index in [0.717, 1.165) is 11.1 Å². The van der Waals surface area contributed by atoms with Gasteiger partial charge >= 0.3 is 0 Å². The van der Waals surface area contributed by atoms with Crippen molar-refractivity contribution in [2.24, 2.45) is 0 Å². The average molecular weight is 358 g/mol. The number of rotatable bonds is 6. The highest BCUT2D eigenvalue weighted by Crippen LogP contribution is 2.22. The Labute approximate surface area is 149 Å². The van der Waals surface area contributed by atoms with Gasteiger partial charge in [0.2, 0.25) is 12.3 Å². The minimum Gasteiger partial charge on any atom is -0.484 e. The smallest absolute Gasteiger partial charge is 0.258 e. The normalized spacial score (nSPS) is 11.8. The van der Waals surface area contributed by atoms with Crippen molar-refractivity contribution in [2.45, 2.75) is 13.0 Å². The van der Waals surface area contributed by atoms with E-state index in [0.29, 0.717) is 16.7 Å². The molecule has 7 heteroatoms. The number of nitrogens with zero attached hydrogens (tertiary/aromatic N) is 2. The molecular formula is C18H16ClN3O3. The third-order valence-electron chi connectivity index (χ3n) is 3.58. The van der Waals surface area contributed by atoms with Crippen LogP contribution < -0.4 is 10.1 Å². The molecule has 1 aromatic heterocycles. The van der Waals surface area contributed by atoms with Crippen molar-refractivity contribution in [3.05, 3.63) is 65.5 Å². The van der Waals surface area contributed by atoms with Crippen molar-refractivity contribution >= 4 is 17.5 Å². The summed E-state index contributed by atoms with van der Waals surface area (Å²) in [6, 6.07) is 14.2. The van der Waals surface area contributed by atoms with Crippen molar-refractivity contribution in [2.75, 3.05) is 6.61 Å². The van der Waals surface area contributed by atoms with Gasteiger partial charge in [-0.1, -0.05) is 29.8 Å². The molecule has 1 atom stereocenters. The Bertz CT molecular complexity index is 835. The van der Waals surface area contributed by atoms with Gasteiger partial charge in [0.15, 0.2) is 6.61 Å². The maximum Gasteiger partial charge on any atom is 0.258 e. The Balaban J connectivity index is 1.53. The summed E-state index contributed by atoms with van der Waals surface area (Å²) >= 11 is 6.13. The van der Waals surface area contributed by atoms with E-state index in [4.69, 9.17) is 20.8 Å². The monoisotopic (exact) mass is 357 g/mol. The van der Waals surface area contributed by atoms with Crippen LogP contribution in [0.2, 0.25) is 5.02 Å². The van der Waals surface area contributed by atoms with Crippen molar-refractivity contribution < 1.29 is 13.9 Å². The zero-order valence-corrected chi connectivity index (χ0v) is 14.2. The fraction of sp³-hybridized carbons (Fsp3) is 0.167. The molecule has 6 nitrogen and oxygen atoms in total. The maximum atomic E-state index is 12.1. The fourth-order valence-corrected chi connectivity index (χ4v) is 2.63. The molecule has 1 heterocycles. The number of hydrogen-bond donors (Lipinski definition) is 1. The van der Waals surface area contributed by atoms with Crippen LogP contribution >= 0.6 is 11.6 Å². The number of carbonyl (C=O) groups is 1. The molecule has 0 aliphatic rings. The maximum absolute atomic E-state index is 12.1. The van der Waals surface area contributed by atoms with Crippen LogP contribution in [0.4, 0.5) is 0 Å². The van der Waals surface area contributed by atoms with E-state index < -0.39 is 0 Å². The highest BCUT2D eigenvalue weighted by molar-refractivity contribution is 6.31. The van der Waals surface area contributed by atoms with Gasteiger partial charge in [-0.3, -0.25) is 4.79 Å². The molecule has 128 valence electrons. The van der Waals surface area contributed by atoms with Crippen LogP contribution in [0, 0.1) is 0 Å². The van der Waals surface area contributed by atoms with Crippen LogP contribution in [-0.2, 0) is 4.79 Å². The molecule has 0 saturated carbocycles. The second kappa shape index (κ2) is 7.81. The van der Waals surface area contributed by atoms with E-state index in [1.165, 1.54) is 6.39 Å². The van der Waals surface area contributed by atoms with Crippen molar-refractivity contribution in [3.8, 4) is 17.2 Å². The number of aromatic nitrogens is 2. The predicted octanol–water partition coefficient (Wildman–Crippen LogP) is 3.65. The van der Waals surface area contributed by atoms with Crippen molar-refractivity contribution in [3.63, 3.8) is 0 Å². The molecule has 0 radical (unpaired) electrons. The molecule has 3 rings (SSSR count). The molecule has 0 unspecified atom stereocenters. The molecule has 0 saturated heterocycles. The lowest BCUT2D eigenvalue weighted by molar-refractivity contribution is -0.123. The summed E-state index contributed by atoms with van der Waals surface area (Å²) in [6.07, 6.45) is 1.27. The summed E-state index contributed by atoms with van der Waals surface area (Å²) < 4.78 is 10.6. The van der Waals surface area contributed by atoms with Crippen LogP contribution in [0.3, 0.4) is 0 Å². The molecule has 0 aliphatic heterocycles. The molecule has 1 amide bonds. The number of hydrogen-bond acceptors (Lipinski definition) is 5. The van der Waals surface area contributed by atoms with E-state index in [1.54, 1.807) is 30.3 Å². The molecule has 3 aromatic rings. The number of ether oxygens (including phenoxy) is 1. The van der Waals surface area contributed by atoms with Gasteiger partial charge in [0.1, 0.15) is 5.75 Å². The van der Waals surface area contributed by atoms with Gasteiger partial charge in [-0.05, 0) is 42.8 Å². The molecule has 2 aromatic carbocycles. The fourth-order valence-electron chi connectivity index (χ4n) is 2.33. The molecule has 0 spiro atoms. The highest BCUT2D eigenvalue weighted by atomic mass is 35.5. The van der Waals surface area contributed by atoms with Crippen molar-refractivity contribution in [1.82, 2.24) is 15.5 Å². The quantitative estimate of drug-likeness (QED) is 0.728. The summed E-state index contributed by atoms with van der Waals surface area (Å²) in [4.78, 5) is 12.1. The summed E-state index contributed by atoms with van der Waals surface area (Å²) in [6.45, 7) is 1.78. The molecule has 25 heavy (non-hydrogen) atoms. The van der Waals surface area contributed by atoms with Gasteiger partial charge in [0.25, 0.3) is 5.91 Å². The van der Waals surface area contributed by atoms with Gasteiger partial charge in [-0.2, -0.15) is 0 Å². The SMILES string of the molecule is C[C@H](NC(=O)COc1ccc(-c2nnco2)cc1)c1ccccc1Cl. The summed E-state index contributed by atoms with van der Waals surface area (Å²) in [5.41, 5.74) is 1.64. The number of halogens is 1. The van der Waals surface area contributed by atoms with Crippen LogP contribution in [0.1, 0.15) is 18.5 Å². The van der Waals surface area contributed by atoms with Crippen LogP contribution in [-0.4, -0.2) is 22.7 Å². The third-order valence-corrected chi connectivity index (χ3v) is 3.92. The van der Waals surface area contributed by atoms with Gasteiger partial charge < -0.3 is 14.5 Å². The zero-order chi connectivity index (χ0) is 17.6.